The number of aliphatic hydroxyl groups excluding tert-OH is 1. The predicted octanol–water partition coefficient (Wildman–Crippen LogP) is 3.71. The first-order chi connectivity index (χ1) is 14.5. The number of fused-ring (bicyclic) bond motifs is 3. The second-order valence-electron chi connectivity index (χ2n) is 8.68. The third-order valence-corrected chi connectivity index (χ3v) is 7.29. The van der Waals surface area contributed by atoms with Gasteiger partial charge in [0.2, 0.25) is 0 Å². The highest BCUT2D eigenvalue weighted by atomic mass is 19.3. The Kier molecular flexibility index (Phi) is 4.76. The van der Waals surface area contributed by atoms with E-state index in [0.717, 1.165) is 18.5 Å². The Balaban J connectivity index is 1.31. The van der Waals surface area contributed by atoms with E-state index in [4.69, 9.17) is 0 Å². The molecule has 1 amide bonds. The Bertz CT molecular complexity index is 939. The number of aliphatic hydroxyl groups is 1. The molecule has 1 saturated carbocycles. The molecule has 8 heteroatoms. The van der Waals surface area contributed by atoms with Crippen molar-refractivity contribution in [3.8, 4) is 11.3 Å². The number of alkyl halides is 2. The highest BCUT2D eigenvalue weighted by Gasteiger charge is 2.53. The fraction of sp³-hybridized carbons (Fsp3) is 0.545. The number of carbonyl (C=O) groups excluding carboxylic acids is 1. The quantitative estimate of drug-likeness (QED) is 0.827. The van der Waals surface area contributed by atoms with Crippen LogP contribution in [0.3, 0.4) is 0 Å². The summed E-state index contributed by atoms with van der Waals surface area (Å²) in [7, 11) is 0. The van der Waals surface area contributed by atoms with Gasteiger partial charge in [0, 0.05) is 30.0 Å². The van der Waals surface area contributed by atoms with E-state index in [0.29, 0.717) is 25.9 Å². The van der Waals surface area contributed by atoms with Crippen LogP contribution in [0.25, 0.3) is 11.3 Å². The summed E-state index contributed by atoms with van der Waals surface area (Å²) >= 11 is 0. The van der Waals surface area contributed by atoms with Crippen LogP contribution in [0, 0.1) is 11.3 Å². The van der Waals surface area contributed by atoms with Crippen LogP contribution in [0.2, 0.25) is 0 Å². The van der Waals surface area contributed by atoms with Gasteiger partial charge < -0.3 is 19.3 Å². The molecule has 2 aliphatic heterocycles. The summed E-state index contributed by atoms with van der Waals surface area (Å²) in [5, 5.41) is 11.4. The van der Waals surface area contributed by atoms with Crippen LogP contribution in [-0.4, -0.2) is 57.9 Å². The molecule has 2 fully saturated rings. The normalized spacial score (nSPS) is 26.8. The number of nitrogens with zero attached hydrogens (tertiary/aromatic N) is 3. The van der Waals surface area contributed by atoms with Gasteiger partial charge in [0.15, 0.2) is 6.61 Å². The SMILES string of the molecule is O=C(OCC(F)F)N1CCC2(CC[C@@H]([C@H]3c4ccccc4-c4cncn43)[C@H]2O)CC1. The molecule has 30 heavy (non-hydrogen) atoms. The van der Waals surface area contributed by atoms with Crippen LogP contribution in [0.15, 0.2) is 36.8 Å². The van der Waals surface area contributed by atoms with Gasteiger partial charge >= 0.3 is 6.09 Å². The standard InChI is InChI=1S/C22H25F2N3O3/c23-18(24)12-30-21(29)26-9-7-22(8-10-26)6-5-16(20(22)28)19-15-4-2-1-3-14(15)17-11-25-13-27(17)19/h1-4,11,13,16,18-20,28H,5-10,12H2/t16-,19+,20+/m0/s1. The highest BCUT2D eigenvalue weighted by Crippen LogP contribution is 2.55. The number of amides is 1. The molecule has 5 rings (SSSR count). The maximum atomic E-state index is 12.3. The molecule has 0 bridgehead atoms. The van der Waals surface area contributed by atoms with Crippen molar-refractivity contribution in [2.45, 2.75) is 44.3 Å². The minimum Gasteiger partial charge on any atom is -0.443 e. The second-order valence-corrected chi connectivity index (χ2v) is 8.68. The predicted molar refractivity (Wildman–Crippen MR) is 105 cm³/mol. The van der Waals surface area contributed by atoms with E-state index in [9.17, 15) is 18.7 Å². The summed E-state index contributed by atoms with van der Waals surface area (Å²) in [5.74, 6) is 0.0685. The minimum atomic E-state index is -2.66. The van der Waals surface area contributed by atoms with Gasteiger partial charge in [-0.25, -0.2) is 18.6 Å². The monoisotopic (exact) mass is 417 g/mol. The number of aromatic nitrogens is 2. The molecule has 2 aromatic rings. The first kappa shape index (κ1) is 19.5. The van der Waals surface area contributed by atoms with Gasteiger partial charge in [-0.05, 0) is 31.2 Å². The lowest BCUT2D eigenvalue weighted by atomic mass is 9.73. The Morgan fingerprint density at radius 3 is 2.80 bits per heavy atom. The summed E-state index contributed by atoms with van der Waals surface area (Å²) in [4.78, 5) is 17.8. The molecule has 1 spiro atoms. The smallest absolute Gasteiger partial charge is 0.409 e. The van der Waals surface area contributed by atoms with Gasteiger partial charge in [-0.1, -0.05) is 24.3 Å². The number of piperidine rings is 1. The lowest BCUT2D eigenvalue weighted by Gasteiger charge is -2.42. The van der Waals surface area contributed by atoms with E-state index in [1.807, 2.05) is 24.7 Å². The molecule has 1 aromatic heterocycles. The number of likely N-dealkylation sites (tertiary alicyclic amines) is 1. The molecule has 1 saturated heterocycles. The van der Waals surface area contributed by atoms with Crippen LogP contribution >= 0.6 is 0 Å². The van der Waals surface area contributed by atoms with Crippen molar-refractivity contribution in [3.05, 3.63) is 42.4 Å². The van der Waals surface area contributed by atoms with Crippen LogP contribution in [0.5, 0.6) is 0 Å². The van der Waals surface area contributed by atoms with E-state index < -0.39 is 25.2 Å². The minimum absolute atomic E-state index is 0.0575. The van der Waals surface area contributed by atoms with E-state index in [-0.39, 0.29) is 17.4 Å². The van der Waals surface area contributed by atoms with Gasteiger partial charge in [-0.15, -0.1) is 0 Å². The summed E-state index contributed by atoms with van der Waals surface area (Å²) in [6, 6.07) is 8.35. The molecule has 1 aromatic carbocycles. The lowest BCUT2D eigenvalue weighted by molar-refractivity contribution is -0.0294. The second kappa shape index (κ2) is 7.34. The van der Waals surface area contributed by atoms with Gasteiger partial charge in [0.1, 0.15) is 0 Å². The van der Waals surface area contributed by atoms with Crippen LogP contribution in [-0.2, 0) is 4.74 Å². The average Bonchev–Trinajstić information content (AvgIpc) is 3.42. The molecule has 0 radical (unpaired) electrons. The molecule has 3 atom stereocenters. The number of halogens is 2. The largest absolute Gasteiger partial charge is 0.443 e. The summed E-state index contributed by atoms with van der Waals surface area (Å²) in [6.45, 7) is -0.0354. The topological polar surface area (TPSA) is 67.6 Å². The molecule has 0 unspecified atom stereocenters. The Morgan fingerprint density at radius 2 is 2.03 bits per heavy atom. The van der Waals surface area contributed by atoms with Crippen molar-refractivity contribution in [2.75, 3.05) is 19.7 Å². The number of hydrogen-bond acceptors (Lipinski definition) is 4. The molecule has 160 valence electrons. The van der Waals surface area contributed by atoms with Gasteiger partial charge in [0.05, 0.1) is 30.4 Å². The fourth-order valence-corrected chi connectivity index (χ4v) is 5.76. The van der Waals surface area contributed by atoms with E-state index in [2.05, 4.69) is 26.4 Å². The van der Waals surface area contributed by atoms with Crippen molar-refractivity contribution >= 4 is 6.09 Å². The summed E-state index contributed by atoms with van der Waals surface area (Å²) in [6.07, 6.45) is 2.96. The van der Waals surface area contributed by atoms with Crippen molar-refractivity contribution < 1.29 is 23.4 Å². The zero-order valence-corrected chi connectivity index (χ0v) is 16.6. The number of benzene rings is 1. The molecular formula is C22H25F2N3O3. The Hall–Kier alpha value is -2.48. The molecule has 1 aliphatic carbocycles. The maximum Gasteiger partial charge on any atom is 0.409 e. The summed E-state index contributed by atoms with van der Waals surface area (Å²) in [5.41, 5.74) is 3.23. The van der Waals surface area contributed by atoms with Crippen molar-refractivity contribution in [3.63, 3.8) is 0 Å². The fourth-order valence-electron chi connectivity index (χ4n) is 5.76. The average molecular weight is 417 g/mol. The third kappa shape index (κ3) is 3.00. The van der Waals surface area contributed by atoms with Gasteiger partial charge in [-0.3, -0.25) is 0 Å². The lowest BCUT2D eigenvalue weighted by Crippen LogP contribution is -2.48. The Labute approximate surface area is 173 Å². The molecule has 1 N–H and O–H groups in total. The Morgan fingerprint density at radius 1 is 1.27 bits per heavy atom. The number of carbonyl (C=O) groups is 1. The van der Waals surface area contributed by atoms with Crippen molar-refractivity contribution in [1.82, 2.24) is 14.5 Å². The van der Waals surface area contributed by atoms with E-state index in [1.54, 1.807) is 0 Å². The van der Waals surface area contributed by atoms with E-state index >= 15 is 0 Å². The van der Waals surface area contributed by atoms with Crippen molar-refractivity contribution in [2.24, 2.45) is 11.3 Å². The third-order valence-electron chi connectivity index (χ3n) is 7.29. The van der Waals surface area contributed by atoms with Crippen LogP contribution in [0.1, 0.15) is 37.3 Å². The van der Waals surface area contributed by atoms with Crippen LogP contribution < -0.4 is 0 Å². The zero-order chi connectivity index (χ0) is 20.9. The number of hydrogen-bond donors (Lipinski definition) is 1. The number of imidazole rings is 1. The first-order valence-electron chi connectivity index (χ1n) is 10.5. The summed E-state index contributed by atoms with van der Waals surface area (Å²) < 4.78 is 31.4. The van der Waals surface area contributed by atoms with Gasteiger partial charge in [0.25, 0.3) is 6.43 Å². The maximum absolute atomic E-state index is 12.3. The van der Waals surface area contributed by atoms with Gasteiger partial charge in [-0.2, -0.15) is 0 Å². The number of ether oxygens (including phenoxy) is 1. The first-order valence-corrected chi connectivity index (χ1v) is 10.5. The van der Waals surface area contributed by atoms with E-state index in [1.165, 1.54) is 16.0 Å². The van der Waals surface area contributed by atoms with Crippen LogP contribution in [0.4, 0.5) is 13.6 Å². The highest BCUT2D eigenvalue weighted by molar-refractivity contribution is 5.69. The molecular weight excluding hydrogens is 392 g/mol. The number of rotatable bonds is 3. The molecule has 3 heterocycles. The van der Waals surface area contributed by atoms with Crippen molar-refractivity contribution in [1.29, 1.82) is 0 Å². The zero-order valence-electron chi connectivity index (χ0n) is 16.6. The molecule has 6 nitrogen and oxygen atoms in total. The molecule has 3 aliphatic rings.